The van der Waals surface area contributed by atoms with E-state index in [9.17, 15) is 8.78 Å². The molecular formula is C19H15ClF2N5O2+. The van der Waals surface area contributed by atoms with Gasteiger partial charge in [0.1, 0.15) is 28.7 Å². The van der Waals surface area contributed by atoms with Crippen LogP contribution in [-0.4, -0.2) is 15.1 Å². The van der Waals surface area contributed by atoms with E-state index in [2.05, 4.69) is 20.2 Å². The molecule has 0 amide bonds. The lowest BCUT2D eigenvalue weighted by Crippen LogP contribution is -2.16. The standard InChI is InChI=1S/C19H14ClF2N5O2/c1-8(19-27-26-9(2)29-19)28-13-6-4-11(17-14(13)18(23)25-7-24-17)10-3-5-12(21)15(20)16(10)22/h3-8H,1-2H3,(H2,23,24,25)/p+1/t8-/m1/s1. The molecule has 2 aromatic heterocycles. The largest absolute Gasteiger partial charge is 0.475 e. The Morgan fingerprint density at radius 1 is 1.17 bits per heavy atom. The highest BCUT2D eigenvalue weighted by molar-refractivity contribution is 6.31. The quantitative estimate of drug-likeness (QED) is 0.501. The fourth-order valence-electron chi connectivity index (χ4n) is 2.97. The summed E-state index contributed by atoms with van der Waals surface area (Å²) in [5, 5.41) is 6.46. The Bertz CT molecular complexity index is 1230. The molecule has 4 rings (SSSR count). The van der Waals surface area contributed by atoms with Gasteiger partial charge in [0.05, 0.1) is 10.9 Å². The van der Waals surface area contributed by atoms with E-state index >= 15 is 0 Å². The molecule has 0 unspecified atom stereocenters. The molecule has 0 aliphatic carbocycles. The van der Waals surface area contributed by atoms with Crippen LogP contribution in [0.2, 0.25) is 5.02 Å². The molecule has 0 aliphatic rings. The number of halogens is 3. The third-order valence-electron chi connectivity index (χ3n) is 4.36. The fourth-order valence-corrected chi connectivity index (χ4v) is 3.14. The van der Waals surface area contributed by atoms with Crippen molar-refractivity contribution in [1.82, 2.24) is 15.1 Å². The number of aromatic nitrogens is 4. The number of H-pyrrole nitrogens is 1. The zero-order valence-corrected chi connectivity index (χ0v) is 16.1. The van der Waals surface area contributed by atoms with Crippen molar-refractivity contribution in [3.8, 4) is 16.9 Å². The minimum atomic E-state index is -0.890. The Hall–Kier alpha value is -3.33. The molecule has 2 aromatic carbocycles. The van der Waals surface area contributed by atoms with E-state index in [4.69, 9.17) is 26.5 Å². The summed E-state index contributed by atoms with van der Waals surface area (Å²) < 4.78 is 39.6. The maximum atomic E-state index is 14.6. The lowest BCUT2D eigenvalue weighted by molar-refractivity contribution is -0.473. The first kappa shape index (κ1) is 19.0. The number of rotatable bonds is 4. The Labute approximate surface area is 168 Å². The van der Waals surface area contributed by atoms with Crippen LogP contribution in [0.4, 0.5) is 14.6 Å². The molecule has 0 saturated carbocycles. The second-order valence-corrected chi connectivity index (χ2v) is 6.66. The van der Waals surface area contributed by atoms with E-state index in [1.54, 1.807) is 26.0 Å². The van der Waals surface area contributed by atoms with Gasteiger partial charge in [0.15, 0.2) is 5.82 Å². The van der Waals surface area contributed by atoms with Gasteiger partial charge in [0.2, 0.25) is 6.10 Å². The predicted molar refractivity (Wildman–Crippen MR) is 101 cm³/mol. The number of nitrogens with one attached hydrogen (secondary N) is 1. The van der Waals surface area contributed by atoms with Gasteiger partial charge in [-0.1, -0.05) is 16.7 Å². The second kappa shape index (κ2) is 7.25. The van der Waals surface area contributed by atoms with E-state index in [0.717, 1.165) is 6.07 Å². The Balaban J connectivity index is 1.86. The fraction of sp³-hybridized carbons (Fsp3) is 0.158. The van der Waals surface area contributed by atoms with Gasteiger partial charge in [0, 0.05) is 23.1 Å². The van der Waals surface area contributed by atoms with Gasteiger partial charge in [-0.05, 0) is 31.2 Å². The minimum absolute atomic E-state index is 0.0818. The van der Waals surface area contributed by atoms with E-state index in [-0.39, 0.29) is 11.4 Å². The first-order chi connectivity index (χ1) is 13.9. The lowest BCUT2D eigenvalue weighted by Gasteiger charge is -2.15. The number of ether oxygens (including phenoxy) is 1. The van der Waals surface area contributed by atoms with Gasteiger partial charge >= 0.3 is 5.89 Å². The number of benzene rings is 2. The third kappa shape index (κ3) is 3.33. The van der Waals surface area contributed by atoms with Crippen molar-refractivity contribution >= 4 is 28.3 Å². The Morgan fingerprint density at radius 2 is 1.93 bits per heavy atom. The summed E-state index contributed by atoms with van der Waals surface area (Å²) in [7, 11) is 0. The average Bonchev–Trinajstić information content (AvgIpc) is 3.14. The number of aryl methyl sites for hydroxylation is 1. The average molecular weight is 419 g/mol. The van der Waals surface area contributed by atoms with Crippen molar-refractivity contribution in [3.63, 3.8) is 0 Å². The molecule has 0 bridgehead atoms. The number of hydrogen-bond donors (Lipinski definition) is 1. The monoisotopic (exact) mass is 418 g/mol. The first-order valence-corrected chi connectivity index (χ1v) is 8.93. The van der Waals surface area contributed by atoms with Gasteiger partial charge in [-0.3, -0.25) is 0 Å². The number of nitrogens with two attached hydrogens (primary N) is 1. The second-order valence-electron chi connectivity index (χ2n) is 6.29. The van der Waals surface area contributed by atoms with Gasteiger partial charge in [0.25, 0.3) is 5.89 Å². The number of anilines is 1. The van der Waals surface area contributed by atoms with E-state index in [1.165, 1.54) is 12.4 Å². The molecule has 0 saturated heterocycles. The lowest BCUT2D eigenvalue weighted by atomic mass is 10.0. The van der Waals surface area contributed by atoms with E-state index in [1.807, 2.05) is 0 Å². The molecule has 3 N–H and O–H groups in total. The van der Waals surface area contributed by atoms with Crippen molar-refractivity contribution in [2.75, 3.05) is 5.73 Å². The van der Waals surface area contributed by atoms with Crippen molar-refractivity contribution in [2.24, 2.45) is 0 Å². The predicted octanol–water partition coefficient (Wildman–Crippen LogP) is 4.06. The van der Waals surface area contributed by atoms with Crippen LogP contribution in [-0.2, 0) is 0 Å². The molecule has 148 valence electrons. The molecule has 1 atom stereocenters. The molecule has 0 fully saturated rings. The van der Waals surface area contributed by atoms with Crippen LogP contribution in [0.3, 0.4) is 0 Å². The topological polar surface area (TPSA) is 101 Å². The SMILES string of the molecule is Cc1n[nH+]c([C@@H](C)Oc2ccc(-c3ccc(F)c(Cl)c3F)c3ncnc(N)c23)o1. The smallest absolute Gasteiger partial charge is 0.413 e. The van der Waals surface area contributed by atoms with Crippen LogP contribution in [0, 0.1) is 18.6 Å². The summed E-state index contributed by atoms with van der Waals surface area (Å²) in [6, 6.07) is 5.58. The zero-order chi connectivity index (χ0) is 20.7. The zero-order valence-electron chi connectivity index (χ0n) is 15.3. The van der Waals surface area contributed by atoms with Crippen LogP contribution in [0.1, 0.15) is 24.8 Å². The molecule has 0 aliphatic heterocycles. The number of hydrogen-bond acceptors (Lipinski definition) is 6. The van der Waals surface area contributed by atoms with Crippen molar-refractivity contribution in [3.05, 3.63) is 59.0 Å². The van der Waals surface area contributed by atoms with E-state index in [0.29, 0.717) is 34.0 Å². The summed E-state index contributed by atoms with van der Waals surface area (Å²) in [6.45, 7) is 3.46. The summed E-state index contributed by atoms with van der Waals surface area (Å²) >= 11 is 5.73. The van der Waals surface area contributed by atoms with Crippen LogP contribution >= 0.6 is 11.6 Å². The molecule has 10 heteroatoms. The molecule has 0 radical (unpaired) electrons. The van der Waals surface area contributed by atoms with Crippen LogP contribution in [0.25, 0.3) is 22.0 Å². The molecule has 0 spiro atoms. The van der Waals surface area contributed by atoms with Crippen molar-refractivity contribution in [1.29, 1.82) is 0 Å². The first-order valence-electron chi connectivity index (χ1n) is 8.55. The third-order valence-corrected chi connectivity index (χ3v) is 4.71. The van der Waals surface area contributed by atoms with Gasteiger partial charge in [-0.2, -0.15) is 0 Å². The van der Waals surface area contributed by atoms with Gasteiger partial charge < -0.3 is 14.9 Å². The summed E-state index contributed by atoms with van der Waals surface area (Å²) in [6.07, 6.45) is 0.729. The minimum Gasteiger partial charge on any atom is -0.475 e. The Kier molecular flexibility index (Phi) is 4.75. The maximum Gasteiger partial charge on any atom is 0.413 e. The molecular weight excluding hydrogens is 404 g/mol. The highest BCUT2D eigenvalue weighted by atomic mass is 35.5. The van der Waals surface area contributed by atoms with E-state index < -0.39 is 22.8 Å². The number of fused-ring (bicyclic) bond motifs is 1. The van der Waals surface area contributed by atoms with Crippen molar-refractivity contribution in [2.45, 2.75) is 20.0 Å². The summed E-state index contributed by atoms with van der Waals surface area (Å²) in [5.74, 6) is -0.359. The molecule has 7 nitrogen and oxygen atoms in total. The number of nitrogen functional groups attached to an aromatic ring is 1. The highest BCUT2D eigenvalue weighted by Crippen LogP contribution is 2.39. The van der Waals surface area contributed by atoms with Crippen LogP contribution in [0.15, 0.2) is 35.0 Å². The van der Waals surface area contributed by atoms with Crippen molar-refractivity contribution < 1.29 is 23.0 Å². The van der Waals surface area contributed by atoms with Gasteiger partial charge in [-0.15, -0.1) is 0 Å². The summed E-state index contributed by atoms with van der Waals surface area (Å²) in [5.41, 5.74) is 6.85. The van der Waals surface area contributed by atoms with Gasteiger partial charge in [-0.25, -0.2) is 18.7 Å². The Morgan fingerprint density at radius 3 is 2.66 bits per heavy atom. The number of aromatic amines is 1. The maximum absolute atomic E-state index is 14.6. The normalized spacial score (nSPS) is 12.3. The van der Waals surface area contributed by atoms with Crippen LogP contribution in [0.5, 0.6) is 5.75 Å². The van der Waals surface area contributed by atoms with Crippen LogP contribution < -0.4 is 15.6 Å². The summed E-state index contributed by atoms with van der Waals surface area (Å²) in [4.78, 5) is 8.24. The molecule has 4 aromatic rings. The molecule has 2 heterocycles. The molecule has 29 heavy (non-hydrogen) atoms. The highest BCUT2D eigenvalue weighted by Gasteiger charge is 2.24. The number of nitrogens with zero attached hydrogens (tertiary/aromatic N) is 3.